The van der Waals surface area contributed by atoms with Crippen molar-refractivity contribution in [1.82, 2.24) is 0 Å². The number of benzene rings is 2. The maximum Gasteiger partial charge on any atom is 0.176 e. The molecule has 3 N–H and O–H groups in total. The first-order valence-electron chi connectivity index (χ1n) is 5.42. The van der Waals surface area contributed by atoms with E-state index in [1.807, 2.05) is 0 Å². The fourth-order valence-corrected chi connectivity index (χ4v) is 1.89. The SMILES string of the molecule is N/C(=N/O)c1c(F)cccc1Oc1cc(F)ccc1Br. The first-order valence-corrected chi connectivity index (χ1v) is 6.21. The highest BCUT2D eigenvalue weighted by molar-refractivity contribution is 9.10. The predicted octanol–water partition coefficient (Wildman–Crippen LogP) is 3.61. The van der Waals surface area contributed by atoms with Crippen LogP contribution in [0.15, 0.2) is 46.0 Å². The van der Waals surface area contributed by atoms with E-state index in [4.69, 9.17) is 15.7 Å². The number of rotatable bonds is 3. The normalized spacial score (nSPS) is 11.4. The average Bonchev–Trinajstić information content (AvgIpc) is 2.42. The Balaban J connectivity index is 2.49. The van der Waals surface area contributed by atoms with Crippen molar-refractivity contribution in [3.8, 4) is 11.5 Å². The molecular weight excluding hydrogens is 334 g/mol. The summed E-state index contributed by atoms with van der Waals surface area (Å²) >= 11 is 3.19. The fourth-order valence-electron chi connectivity index (χ4n) is 1.56. The van der Waals surface area contributed by atoms with Gasteiger partial charge in [0.25, 0.3) is 0 Å². The van der Waals surface area contributed by atoms with Gasteiger partial charge in [-0.2, -0.15) is 0 Å². The number of nitrogens with two attached hydrogens (primary N) is 1. The summed E-state index contributed by atoms with van der Waals surface area (Å²) in [5.74, 6) is -1.52. The number of ether oxygens (including phenoxy) is 1. The molecule has 2 aromatic rings. The first kappa shape index (κ1) is 14.3. The van der Waals surface area contributed by atoms with Crippen molar-refractivity contribution in [3.63, 3.8) is 0 Å². The Hall–Kier alpha value is -2.15. The second-order valence-corrected chi connectivity index (χ2v) is 4.63. The third kappa shape index (κ3) is 2.88. The highest BCUT2D eigenvalue weighted by Gasteiger charge is 2.16. The van der Waals surface area contributed by atoms with Crippen LogP contribution in [0.3, 0.4) is 0 Å². The van der Waals surface area contributed by atoms with Crippen molar-refractivity contribution in [2.45, 2.75) is 0 Å². The Morgan fingerprint density at radius 1 is 1.20 bits per heavy atom. The quantitative estimate of drug-likeness (QED) is 0.387. The summed E-state index contributed by atoms with van der Waals surface area (Å²) in [6.07, 6.45) is 0. The number of amidine groups is 1. The van der Waals surface area contributed by atoms with Crippen molar-refractivity contribution >= 4 is 21.8 Å². The second kappa shape index (κ2) is 5.87. The summed E-state index contributed by atoms with van der Waals surface area (Å²) in [6, 6.07) is 7.78. The molecule has 0 saturated carbocycles. The molecule has 0 unspecified atom stereocenters. The van der Waals surface area contributed by atoms with Gasteiger partial charge in [-0.15, -0.1) is 0 Å². The van der Waals surface area contributed by atoms with Crippen LogP contribution in [0, 0.1) is 11.6 Å². The fraction of sp³-hybridized carbons (Fsp3) is 0. The molecule has 20 heavy (non-hydrogen) atoms. The minimum Gasteiger partial charge on any atom is -0.455 e. The molecule has 0 atom stereocenters. The van der Waals surface area contributed by atoms with Gasteiger partial charge in [-0.3, -0.25) is 0 Å². The predicted molar refractivity (Wildman–Crippen MR) is 73.1 cm³/mol. The zero-order valence-electron chi connectivity index (χ0n) is 9.98. The molecule has 0 aliphatic heterocycles. The molecule has 0 aliphatic rings. The van der Waals surface area contributed by atoms with E-state index in [0.717, 1.165) is 12.1 Å². The van der Waals surface area contributed by atoms with Gasteiger partial charge < -0.3 is 15.7 Å². The summed E-state index contributed by atoms with van der Waals surface area (Å²) in [5.41, 5.74) is 5.21. The molecule has 0 saturated heterocycles. The summed E-state index contributed by atoms with van der Waals surface area (Å²) in [7, 11) is 0. The van der Waals surface area contributed by atoms with Crippen LogP contribution >= 0.6 is 15.9 Å². The highest BCUT2D eigenvalue weighted by atomic mass is 79.9. The van der Waals surface area contributed by atoms with E-state index in [0.29, 0.717) is 4.47 Å². The maximum atomic E-state index is 13.7. The van der Waals surface area contributed by atoms with Crippen LogP contribution in [0.2, 0.25) is 0 Å². The number of halogens is 3. The number of nitrogens with zero attached hydrogens (tertiary/aromatic N) is 1. The summed E-state index contributed by atoms with van der Waals surface area (Å²) < 4.78 is 32.8. The molecule has 104 valence electrons. The smallest absolute Gasteiger partial charge is 0.176 e. The lowest BCUT2D eigenvalue weighted by molar-refractivity contribution is 0.318. The third-order valence-corrected chi connectivity index (χ3v) is 3.11. The molecule has 2 aromatic carbocycles. The van der Waals surface area contributed by atoms with E-state index in [-0.39, 0.29) is 17.1 Å². The molecule has 7 heteroatoms. The van der Waals surface area contributed by atoms with Gasteiger partial charge in [0.1, 0.15) is 23.1 Å². The topological polar surface area (TPSA) is 67.8 Å². The van der Waals surface area contributed by atoms with Gasteiger partial charge in [-0.25, -0.2) is 8.78 Å². The van der Waals surface area contributed by atoms with E-state index in [1.165, 1.54) is 24.3 Å². The van der Waals surface area contributed by atoms with Crippen molar-refractivity contribution in [2.24, 2.45) is 10.9 Å². The molecule has 0 heterocycles. The van der Waals surface area contributed by atoms with Crippen molar-refractivity contribution in [2.75, 3.05) is 0 Å². The van der Waals surface area contributed by atoms with Crippen LogP contribution in [-0.4, -0.2) is 11.0 Å². The van der Waals surface area contributed by atoms with Gasteiger partial charge in [-0.05, 0) is 40.2 Å². The van der Waals surface area contributed by atoms with E-state index in [1.54, 1.807) is 0 Å². The van der Waals surface area contributed by atoms with Gasteiger partial charge in [0.05, 0.1) is 10.0 Å². The monoisotopic (exact) mass is 342 g/mol. The molecule has 0 spiro atoms. The standard InChI is InChI=1S/C13H9BrF2N2O2/c14-8-5-4-7(15)6-11(8)20-10-3-1-2-9(16)12(10)13(17)18-19/h1-6,19H,(H2,17,18). The highest BCUT2D eigenvalue weighted by Crippen LogP contribution is 2.32. The van der Waals surface area contributed by atoms with E-state index >= 15 is 0 Å². The Morgan fingerprint density at radius 3 is 2.65 bits per heavy atom. The Bertz CT molecular complexity index is 677. The lowest BCUT2D eigenvalue weighted by Gasteiger charge is -2.12. The zero-order valence-corrected chi connectivity index (χ0v) is 11.6. The lowest BCUT2D eigenvalue weighted by atomic mass is 10.1. The minimum absolute atomic E-state index is 0.00611. The Labute approximate surface area is 121 Å². The summed E-state index contributed by atoms with van der Waals surface area (Å²) in [5, 5.41) is 11.4. The van der Waals surface area contributed by atoms with Crippen LogP contribution in [0.1, 0.15) is 5.56 Å². The summed E-state index contributed by atoms with van der Waals surface area (Å²) in [6.45, 7) is 0. The van der Waals surface area contributed by atoms with Crippen LogP contribution in [0.25, 0.3) is 0 Å². The molecule has 4 nitrogen and oxygen atoms in total. The van der Waals surface area contributed by atoms with Gasteiger partial charge in [0.2, 0.25) is 0 Å². The minimum atomic E-state index is -0.717. The molecular formula is C13H9BrF2N2O2. The average molecular weight is 343 g/mol. The molecule has 0 aromatic heterocycles. The second-order valence-electron chi connectivity index (χ2n) is 3.78. The van der Waals surface area contributed by atoms with Gasteiger partial charge in [0, 0.05) is 6.07 Å². The van der Waals surface area contributed by atoms with Crippen LogP contribution < -0.4 is 10.5 Å². The lowest BCUT2D eigenvalue weighted by Crippen LogP contribution is -2.16. The Kier molecular flexibility index (Phi) is 4.19. The third-order valence-electron chi connectivity index (χ3n) is 2.45. The van der Waals surface area contributed by atoms with Crippen molar-refractivity contribution < 1.29 is 18.7 Å². The molecule has 0 amide bonds. The van der Waals surface area contributed by atoms with E-state index in [9.17, 15) is 8.78 Å². The molecule has 0 aliphatic carbocycles. The van der Waals surface area contributed by atoms with E-state index in [2.05, 4.69) is 21.1 Å². The van der Waals surface area contributed by atoms with Crippen molar-refractivity contribution in [1.29, 1.82) is 0 Å². The van der Waals surface area contributed by atoms with Gasteiger partial charge >= 0.3 is 0 Å². The summed E-state index contributed by atoms with van der Waals surface area (Å²) in [4.78, 5) is 0. The largest absolute Gasteiger partial charge is 0.455 e. The van der Waals surface area contributed by atoms with Crippen LogP contribution in [0.4, 0.5) is 8.78 Å². The number of oxime groups is 1. The number of hydrogen-bond acceptors (Lipinski definition) is 3. The molecule has 0 radical (unpaired) electrons. The maximum absolute atomic E-state index is 13.7. The molecule has 0 bridgehead atoms. The van der Waals surface area contributed by atoms with Gasteiger partial charge in [0.15, 0.2) is 5.84 Å². The van der Waals surface area contributed by atoms with Crippen LogP contribution in [0.5, 0.6) is 11.5 Å². The zero-order chi connectivity index (χ0) is 14.7. The van der Waals surface area contributed by atoms with Gasteiger partial charge in [-0.1, -0.05) is 11.2 Å². The van der Waals surface area contributed by atoms with Crippen molar-refractivity contribution in [3.05, 3.63) is 58.1 Å². The molecule has 2 rings (SSSR count). The van der Waals surface area contributed by atoms with Crippen LogP contribution in [-0.2, 0) is 0 Å². The first-order chi connectivity index (χ1) is 9.52. The molecule has 0 fully saturated rings. The van der Waals surface area contributed by atoms with E-state index < -0.39 is 17.5 Å². The Morgan fingerprint density at radius 2 is 1.95 bits per heavy atom. The number of hydrogen-bond donors (Lipinski definition) is 2.